The molecule has 0 aromatic heterocycles. The molecule has 2 aliphatic rings. The first-order chi connectivity index (χ1) is 12.4. The van der Waals surface area contributed by atoms with E-state index in [9.17, 15) is 19.7 Å². The fourth-order valence-electron chi connectivity index (χ4n) is 4.26. The van der Waals surface area contributed by atoms with E-state index in [1.165, 1.54) is 37.8 Å². The summed E-state index contributed by atoms with van der Waals surface area (Å²) in [7, 11) is 0. The van der Waals surface area contributed by atoms with Crippen molar-refractivity contribution in [2.75, 3.05) is 12.3 Å². The van der Waals surface area contributed by atoms with E-state index < -0.39 is 10.8 Å². The Labute approximate surface area is 156 Å². The van der Waals surface area contributed by atoms with Crippen LogP contribution in [-0.4, -0.2) is 29.0 Å². The van der Waals surface area contributed by atoms with Gasteiger partial charge >= 0.3 is 0 Å². The van der Waals surface area contributed by atoms with Crippen LogP contribution in [0, 0.1) is 27.9 Å². The maximum Gasteiger partial charge on any atom is 0.283 e. The van der Waals surface area contributed by atoms with Crippen LogP contribution in [0.2, 0.25) is 0 Å². The maximum absolute atomic E-state index is 12.0. The molecule has 1 aromatic carbocycles. The summed E-state index contributed by atoms with van der Waals surface area (Å²) in [6.45, 7) is 0.663. The van der Waals surface area contributed by atoms with Crippen molar-refractivity contribution >= 4 is 29.3 Å². The smallest absolute Gasteiger partial charge is 0.283 e. The topological polar surface area (TPSA) is 115 Å². The van der Waals surface area contributed by atoms with E-state index in [-0.39, 0.29) is 22.9 Å². The van der Waals surface area contributed by atoms with Gasteiger partial charge in [-0.25, -0.2) is 0 Å². The van der Waals surface area contributed by atoms with Gasteiger partial charge in [0.1, 0.15) is 0 Å². The summed E-state index contributed by atoms with van der Waals surface area (Å²) in [4.78, 5) is 34.1. The number of nitro benzene ring substituents is 1. The van der Waals surface area contributed by atoms with Crippen LogP contribution < -0.4 is 11.1 Å². The largest absolute Gasteiger partial charge is 0.366 e. The van der Waals surface area contributed by atoms with Gasteiger partial charge < -0.3 is 11.1 Å². The van der Waals surface area contributed by atoms with Crippen molar-refractivity contribution in [1.82, 2.24) is 5.32 Å². The average Bonchev–Trinajstić information content (AvgIpc) is 3.22. The molecular weight excluding hydrogens is 354 g/mol. The van der Waals surface area contributed by atoms with Crippen molar-refractivity contribution in [2.24, 2.45) is 23.5 Å². The number of nitro groups is 1. The highest BCUT2D eigenvalue weighted by Gasteiger charge is 2.38. The van der Waals surface area contributed by atoms with E-state index in [0.29, 0.717) is 11.4 Å². The van der Waals surface area contributed by atoms with Crippen molar-refractivity contribution in [2.45, 2.75) is 37.0 Å². The van der Waals surface area contributed by atoms with Crippen LogP contribution in [0.4, 0.5) is 5.69 Å². The summed E-state index contributed by atoms with van der Waals surface area (Å²) < 4.78 is 0. The molecule has 26 heavy (non-hydrogen) atoms. The number of benzene rings is 1. The number of nitrogens with zero attached hydrogens (tertiary/aromatic N) is 1. The van der Waals surface area contributed by atoms with E-state index in [4.69, 9.17) is 5.73 Å². The van der Waals surface area contributed by atoms with Crippen LogP contribution in [0.3, 0.4) is 0 Å². The predicted octanol–water partition coefficient (Wildman–Crippen LogP) is 2.73. The molecule has 3 atom stereocenters. The third-order valence-electron chi connectivity index (χ3n) is 5.52. The van der Waals surface area contributed by atoms with Crippen LogP contribution in [0.25, 0.3) is 0 Å². The van der Waals surface area contributed by atoms with Gasteiger partial charge in [-0.2, -0.15) is 0 Å². The lowest BCUT2D eigenvalue weighted by Gasteiger charge is -2.21. The Bertz CT molecular complexity index is 724. The van der Waals surface area contributed by atoms with Gasteiger partial charge in [-0.1, -0.05) is 6.42 Å². The second kappa shape index (κ2) is 8.07. The highest BCUT2D eigenvalue weighted by atomic mass is 32.2. The number of nitrogens with one attached hydrogen (secondary N) is 1. The molecule has 3 N–H and O–H groups in total. The molecule has 2 bridgehead atoms. The van der Waals surface area contributed by atoms with Gasteiger partial charge in [0.2, 0.25) is 11.8 Å². The van der Waals surface area contributed by atoms with Crippen LogP contribution in [0.15, 0.2) is 23.1 Å². The lowest BCUT2D eigenvalue weighted by atomic mass is 9.86. The first kappa shape index (κ1) is 18.7. The summed E-state index contributed by atoms with van der Waals surface area (Å²) in [5.41, 5.74) is 5.02. The third-order valence-corrected chi connectivity index (χ3v) is 6.58. The molecular formula is C18H23N3O4S. The minimum atomic E-state index is -0.719. The van der Waals surface area contributed by atoms with Gasteiger partial charge in [-0.15, -0.1) is 11.8 Å². The summed E-state index contributed by atoms with van der Waals surface area (Å²) in [5.74, 6) is 1.74. The summed E-state index contributed by atoms with van der Waals surface area (Å²) in [6.07, 6.45) is 6.39. The number of carbonyl (C=O) groups is 2. The second-order valence-electron chi connectivity index (χ2n) is 7.17. The highest BCUT2D eigenvalue weighted by molar-refractivity contribution is 8.00. The zero-order valence-electron chi connectivity index (χ0n) is 14.5. The van der Waals surface area contributed by atoms with Gasteiger partial charge in [0.25, 0.3) is 5.69 Å². The van der Waals surface area contributed by atoms with E-state index in [2.05, 4.69) is 5.32 Å². The predicted molar refractivity (Wildman–Crippen MR) is 98.9 cm³/mol. The minimum absolute atomic E-state index is 0.0800. The Morgan fingerprint density at radius 3 is 2.73 bits per heavy atom. The normalized spacial score (nSPS) is 23.8. The fraction of sp³-hybridized carbons (Fsp3) is 0.556. The number of nitrogens with two attached hydrogens (primary N) is 1. The first-order valence-corrected chi connectivity index (χ1v) is 9.90. The lowest BCUT2D eigenvalue weighted by molar-refractivity contribution is -0.387. The first-order valence-electron chi connectivity index (χ1n) is 8.91. The van der Waals surface area contributed by atoms with Gasteiger partial charge in [-0.05, 0) is 55.6 Å². The van der Waals surface area contributed by atoms with E-state index >= 15 is 0 Å². The molecule has 2 amide bonds. The second-order valence-corrected chi connectivity index (χ2v) is 8.18. The lowest BCUT2D eigenvalue weighted by Crippen LogP contribution is -2.28. The van der Waals surface area contributed by atoms with Gasteiger partial charge in [0.15, 0.2) is 0 Å². The zero-order valence-corrected chi connectivity index (χ0v) is 15.3. The molecule has 0 radical (unpaired) electrons. The van der Waals surface area contributed by atoms with Crippen molar-refractivity contribution in [3.63, 3.8) is 0 Å². The van der Waals surface area contributed by atoms with Gasteiger partial charge in [-0.3, -0.25) is 19.7 Å². The van der Waals surface area contributed by atoms with E-state index in [0.717, 1.165) is 42.0 Å². The Balaban J connectivity index is 1.46. The van der Waals surface area contributed by atoms with Crippen LogP contribution >= 0.6 is 11.8 Å². The van der Waals surface area contributed by atoms with Crippen molar-refractivity contribution < 1.29 is 14.5 Å². The molecule has 2 saturated carbocycles. The molecule has 0 saturated heterocycles. The standard InChI is InChI=1S/C18H23N3O4S/c19-18(23)14-3-4-16(15(9-14)21(24)25)26-10-17(22)20-6-5-13-8-11-1-2-12(13)7-11/h3-4,9,11-13H,1-2,5-8,10H2,(H2,19,23)(H,20,22). The summed E-state index contributed by atoms with van der Waals surface area (Å²) in [5, 5.41) is 14.1. The molecule has 0 heterocycles. The number of fused-ring (bicyclic) bond motifs is 2. The number of amides is 2. The molecule has 7 nitrogen and oxygen atoms in total. The summed E-state index contributed by atoms with van der Waals surface area (Å²) in [6, 6.07) is 4.05. The number of thioether (sulfide) groups is 1. The number of carbonyl (C=O) groups excluding carboxylic acids is 2. The Hall–Kier alpha value is -2.09. The van der Waals surface area contributed by atoms with Crippen LogP contribution in [0.1, 0.15) is 42.5 Å². The minimum Gasteiger partial charge on any atom is -0.366 e. The number of primary amides is 1. The van der Waals surface area contributed by atoms with Crippen molar-refractivity contribution in [1.29, 1.82) is 0 Å². The molecule has 8 heteroatoms. The fourth-order valence-corrected chi connectivity index (χ4v) is 5.09. The Morgan fingerprint density at radius 2 is 2.12 bits per heavy atom. The van der Waals surface area contributed by atoms with Crippen LogP contribution in [-0.2, 0) is 4.79 Å². The quantitative estimate of drug-likeness (QED) is 0.410. The Morgan fingerprint density at radius 1 is 1.31 bits per heavy atom. The zero-order chi connectivity index (χ0) is 18.7. The molecule has 2 aliphatic carbocycles. The molecule has 0 aliphatic heterocycles. The molecule has 140 valence electrons. The molecule has 2 fully saturated rings. The Kier molecular flexibility index (Phi) is 5.80. The highest BCUT2D eigenvalue weighted by Crippen LogP contribution is 2.49. The molecule has 1 aromatic rings. The third kappa shape index (κ3) is 4.35. The van der Waals surface area contributed by atoms with Gasteiger partial charge in [0, 0.05) is 18.2 Å². The number of hydrogen-bond donors (Lipinski definition) is 2. The van der Waals surface area contributed by atoms with Crippen molar-refractivity contribution in [3.05, 3.63) is 33.9 Å². The molecule has 3 unspecified atom stereocenters. The van der Waals surface area contributed by atoms with E-state index in [1.807, 2.05) is 0 Å². The maximum atomic E-state index is 12.0. The molecule has 0 spiro atoms. The number of rotatable bonds is 8. The van der Waals surface area contributed by atoms with Gasteiger partial charge in [0.05, 0.1) is 15.6 Å². The summed E-state index contributed by atoms with van der Waals surface area (Å²) >= 11 is 1.09. The van der Waals surface area contributed by atoms with Crippen LogP contribution in [0.5, 0.6) is 0 Å². The SMILES string of the molecule is NC(=O)c1ccc(SCC(=O)NCCC2CC3CCC2C3)c([N+](=O)[O-])c1. The number of hydrogen-bond acceptors (Lipinski definition) is 5. The monoisotopic (exact) mass is 377 g/mol. The van der Waals surface area contributed by atoms with E-state index in [1.54, 1.807) is 0 Å². The molecule has 3 rings (SSSR count). The average molecular weight is 377 g/mol. The van der Waals surface area contributed by atoms with Crippen molar-refractivity contribution in [3.8, 4) is 0 Å².